The number of carbonyl (C=O) groups excluding carboxylic acids is 2. The van der Waals surface area contributed by atoms with Gasteiger partial charge >= 0.3 is 12.1 Å². The summed E-state index contributed by atoms with van der Waals surface area (Å²) in [6.45, 7) is 8.73. The number of piperidine rings is 1. The van der Waals surface area contributed by atoms with Crippen molar-refractivity contribution >= 4 is 12.1 Å². The highest BCUT2D eigenvalue weighted by Crippen LogP contribution is 2.22. The summed E-state index contributed by atoms with van der Waals surface area (Å²) < 4.78 is 10.6. The first-order valence-corrected chi connectivity index (χ1v) is 7.98. The molecule has 0 unspecified atom stereocenters. The summed E-state index contributed by atoms with van der Waals surface area (Å²) in [6.07, 6.45) is 4.65. The molecule has 122 valence electrons. The largest absolute Gasteiger partial charge is 0.466 e. The lowest BCUT2D eigenvalue weighted by Crippen LogP contribution is -2.47. The molecule has 1 rings (SSSR count). The summed E-state index contributed by atoms with van der Waals surface area (Å²) >= 11 is 0. The number of carbonyl (C=O) groups is 2. The number of unbranched alkanes of at least 4 members (excludes halogenated alkanes) is 1. The van der Waals surface area contributed by atoms with E-state index in [2.05, 4.69) is 6.92 Å². The van der Waals surface area contributed by atoms with E-state index >= 15 is 0 Å². The Morgan fingerprint density at radius 1 is 1.24 bits per heavy atom. The Bertz CT molecular complexity index is 349. The molecule has 0 aromatic heterocycles. The van der Waals surface area contributed by atoms with Crippen molar-refractivity contribution in [2.45, 2.75) is 77.9 Å². The van der Waals surface area contributed by atoms with Crippen LogP contribution >= 0.6 is 0 Å². The molecule has 1 fully saturated rings. The van der Waals surface area contributed by atoms with E-state index in [1.54, 1.807) is 4.90 Å². The van der Waals surface area contributed by atoms with Gasteiger partial charge in [-0.1, -0.05) is 13.3 Å². The summed E-state index contributed by atoms with van der Waals surface area (Å²) in [5.41, 5.74) is -0.513. The van der Waals surface area contributed by atoms with Gasteiger partial charge in [-0.25, -0.2) is 4.79 Å². The van der Waals surface area contributed by atoms with E-state index in [9.17, 15) is 9.59 Å². The van der Waals surface area contributed by atoms with Crippen LogP contribution in [-0.4, -0.2) is 41.8 Å². The molecule has 1 aliphatic rings. The average molecular weight is 299 g/mol. The lowest BCUT2D eigenvalue weighted by atomic mass is 10.00. The van der Waals surface area contributed by atoms with E-state index in [0.29, 0.717) is 13.2 Å². The van der Waals surface area contributed by atoms with Gasteiger partial charge in [-0.2, -0.15) is 0 Å². The maximum atomic E-state index is 12.2. The fourth-order valence-electron chi connectivity index (χ4n) is 2.36. The molecule has 1 amide bonds. The Balaban J connectivity index is 2.52. The molecule has 5 heteroatoms. The Morgan fingerprint density at radius 2 is 1.95 bits per heavy atom. The van der Waals surface area contributed by atoms with Gasteiger partial charge in [0.05, 0.1) is 13.0 Å². The van der Waals surface area contributed by atoms with Gasteiger partial charge in [-0.3, -0.25) is 4.79 Å². The molecule has 0 aromatic carbocycles. The molecule has 0 spiro atoms. The predicted molar refractivity (Wildman–Crippen MR) is 81.1 cm³/mol. The Kier molecular flexibility index (Phi) is 6.99. The molecule has 5 nitrogen and oxygen atoms in total. The first kappa shape index (κ1) is 17.8. The van der Waals surface area contributed by atoms with Gasteiger partial charge in [0.2, 0.25) is 0 Å². The highest BCUT2D eigenvalue weighted by molar-refractivity contribution is 5.73. The van der Waals surface area contributed by atoms with Gasteiger partial charge in [-0.15, -0.1) is 0 Å². The monoisotopic (exact) mass is 299 g/mol. The van der Waals surface area contributed by atoms with Crippen LogP contribution in [0.5, 0.6) is 0 Å². The van der Waals surface area contributed by atoms with Gasteiger partial charge in [0.1, 0.15) is 5.60 Å². The van der Waals surface area contributed by atoms with Crippen molar-refractivity contribution in [1.29, 1.82) is 0 Å². The molecule has 0 aliphatic carbocycles. The van der Waals surface area contributed by atoms with Crippen molar-refractivity contribution < 1.29 is 19.1 Å². The van der Waals surface area contributed by atoms with E-state index in [-0.39, 0.29) is 24.5 Å². The van der Waals surface area contributed by atoms with Crippen LogP contribution in [0.3, 0.4) is 0 Å². The molecular formula is C16H29NO4. The first-order chi connectivity index (χ1) is 9.83. The lowest BCUT2D eigenvalue weighted by Gasteiger charge is -2.36. The van der Waals surface area contributed by atoms with Crippen LogP contribution in [0.15, 0.2) is 0 Å². The van der Waals surface area contributed by atoms with Crippen molar-refractivity contribution in [2.75, 3.05) is 13.2 Å². The van der Waals surface area contributed by atoms with E-state index in [1.807, 2.05) is 20.8 Å². The fraction of sp³-hybridized carbons (Fsp3) is 0.875. The van der Waals surface area contributed by atoms with Crippen LogP contribution in [0.1, 0.15) is 66.2 Å². The van der Waals surface area contributed by atoms with E-state index in [1.165, 1.54) is 0 Å². The third-order valence-corrected chi connectivity index (χ3v) is 3.42. The van der Waals surface area contributed by atoms with E-state index < -0.39 is 5.60 Å². The summed E-state index contributed by atoms with van der Waals surface area (Å²) in [7, 11) is 0. The van der Waals surface area contributed by atoms with Gasteiger partial charge in [0.25, 0.3) is 0 Å². The molecule has 0 saturated carbocycles. The molecule has 1 saturated heterocycles. The first-order valence-electron chi connectivity index (χ1n) is 7.98. The summed E-state index contributed by atoms with van der Waals surface area (Å²) in [6, 6.07) is -0.0947. The van der Waals surface area contributed by atoms with Gasteiger partial charge < -0.3 is 14.4 Å². The highest BCUT2D eigenvalue weighted by Gasteiger charge is 2.32. The minimum absolute atomic E-state index is 0.0947. The fourth-order valence-corrected chi connectivity index (χ4v) is 2.36. The van der Waals surface area contributed by atoms with Crippen LogP contribution in [0.4, 0.5) is 4.79 Å². The van der Waals surface area contributed by atoms with Crippen LogP contribution < -0.4 is 0 Å². The zero-order chi connectivity index (χ0) is 15.9. The number of ether oxygens (including phenoxy) is 2. The third kappa shape index (κ3) is 6.82. The van der Waals surface area contributed by atoms with Crippen LogP contribution in [0, 0.1) is 0 Å². The highest BCUT2D eigenvalue weighted by atomic mass is 16.6. The summed E-state index contributed by atoms with van der Waals surface area (Å²) in [5, 5.41) is 0. The van der Waals surface area contributed by atoms with Gasteiger partial charge in [0.15, 0.2) is 0 Å². The lowest BCUT2D eigenvalue weighted by molar-refractivity contribution is -0.145. The molecule has 21 heavy (non-hydrogen) atoms. The van der Waals surface area contributed by atoms with Crippen molar-refractivity contribution in [2.24, 2.45) is 0 Å². The second-order valence-electron chi connectivity index (χ2n) is 6.60. The maximum Gasteiger partial charge on any atom is 0.410 e. The second kappa shape index (κ2) is 8.25. The molecule has 0 radical (unpaired) electrons. The van der Waals surface area contributed by atoms with E-state index in [0.717, 1.165) is 32.1 Å². The van der Waals surface area contributed by atoms with E-state index in [4.69, 9.17) is 9.47 Å². The Morgan fingerprint density at radius 3 is 2.57 bits per heavy atom. The number of nitrogens with zero attached hydrogens (tertiary/aromatic N) is 1. The minimum Gasteiger partial charge on any atom is -0.466 e. The topological polar surface area (TPSA) is 55.8 Å². The number of likely N-dealkylation sites (tertiary alicyclic amines) is 1. The van der Waals surface area contributed by atoms with Crippen LogP contribution in [0.25, 0.3) is 0 Å². The van der Waals surface area contributed by atoms with Crippen molar-refractivity contribution in [3.05, 3.63) is 0 Å². The van der Waals surface area contributed by atoms with Crippen molar-refractivity contribution in [3.8, 4) is 0 Å². The van der Waals surface area contributed by atoms with Crippen LogP contribution in [-0.2, 0) is 14.3 Å². The number of amides is 1. The standard InChI is InChI=1S/C16H29NO4/c1-5-6-11-20-14(18)12-13-9-7-8-10-17(13)15(19)21-16(2,3)4/h13H,5-12H2,1-4H3/t13-/m0/s1. The molecule has 0 aromatic rings. The molecule has 1 atom stereocenters. The normalized spacial score (nSPS) is 19.2. The number of hydrogen-bond donors (Lipinski definition) is 0. The second-order valence-corrected chi connectivity index (χ2v) is 6.60. The summed E-state index contributed by atoms with van der Waals surface area (Å²) in [5.74, 6) is -0.219. The molecule has 1 heterocycles. The molecule has 0 N–H and O–H groups in total. The number of esters is 1. The number of rotatable bonds is 5. The molecule has 0 bridgehead atoms. The SMILES string of the molecule is CCCCOC(=O)C[C@@H]1CCCCN1C(=O)OC(C)(C)C. The van der Waals surface area contributed by atoms with Crippen molar-refractivity contribution in [1.82, 2.24) is 4.90 Å². The average Bonchev–Trinajstić information content (AvgIpc) is 2.37. The summed E-state index contributed by atoms with van der Waals surface area (Å²) in [4.78, 5) is 25.7. The predicted octanol–water partition coefficient (Wildman–Crippen LogP) is 3.51. The molecule has 1 aliphatic heterocycles. The Hall–Kier alpha value is -1.26. The zero-order valence-corrected chi connectivity index (χ0v) is 13.8. The van der Waals surface area contributed by atoms with Gasteiger partial charge in [-0.05, 0) is 46.5 Å². The quantitative estimate of drug-likeness (QED) is 0.576. The number of hydrogen-bond acceptors (Lipinski definition) is 4. The Labute approximate surface area is 128 Å². The maximum absolute atomic E-state index is 12.2. The van der Waals surface area contributed by atoms with Crippen LogP contribution in [0.2, 0.25) is 0 Å². The third-order valence-electron chi connectivity index (χ3n) is 3.42. The molecular weight excluding hydrogens is 270 g/mol. The van der Waals surface area contributed by atoms with Crippen molar-refractivity contribution in [3.63, 3.8) is 0 Å². The zero-order valence-electron chi connectivity index (χ0n) is 13.8. The van der Waals surface area contributed by atoms with Gasteiger partial charge in [0, 0.05) is 12.6 Å². The smallest absolute Gasteiger partial charge is 0.410 e. The minimum atomic E-state index is -0.513.